The Bertz CT molecular complexity index is 484. The number of carbonyl (C=O) groups excluding carboxylic acids is 2. The molecule has 0 radical (unpaired) electrons. The first-order valence-electron chi connectivity index (χ1n) is 6.03. The number of anilines is 1. The summed E-state index contributed by atoms with van der Waals surface area (Å²) in [4.78, 5) is 34.5. The van der Waals surface area contributed by atoms with Crippen LogP contribution >= 0.6 is 0 Å². The molecular formula is C12H16N4O3. The molecule has 0 atom stereocenters. The summed E-state index contributed by atoms with van der Waals surface area (Å²) in [5, 5.41) is 0. The largest absolute Gasteiger partial charge is 0.463 e. The van der Waals surface area contributed by atoms with E-state index in [2.05, 4.69) is 14.7 Å². The van der Waals surface area contributed by atoms with Gasteiger partial charge in [-0.2, -0.15) is 0 Å². The predicted octanol–water partition coefficient (Wildman–Crippen LogP) is -0.0683. The van der Waals surface area contributed by atoms with Crippen molar-refractivity contribution in [2.45, 2.75) is 6.92 Å². The van der Waals surface area contributed by atoms with E-state index in [1.807, 2.05) is 4.90 Å². The minimum Gasteiger partial charge on any atom is -0.463 e. The third kappa shape index (κ3) is 2.98. The molecule has 2 heterocycles. The summed E-state index contributed by atoms with van der Waals surface area (Å²) in [5.74, 6) is 0.259. The van der Waals surface area contributed by atoms with Crippen molar-refractivity contribution in [2.24, 2.45) is 0 Å². The lowest BCUT2D eigenvalue weighted by molar-refractivity contribution is -0.129. The normalized spacial score (nSPS) is 15.3. The van der Waals surface area contributed by atoms with Gasteiger partial charge in [0.25, 0.3) is 0 Å². The van der Waals surface area contributed by atoms with E-state index in [0.29, 0.717) is 32.0 Å². The van der Waals surface area contributed by atoms with Crippen LogP contribution in [0.2, 0.25) is 0 Å². The van der Waals surface area contributed by atoms with Gasteiger partial charge in [0.05, 0.1) is 7.11 Å². The van der Waals surface area contributed by atoms with E-state index in [9.17, 15) is 9.59 Å². The number of amides is 1. The van der Waals surface area contributed by atoms with Crippen molar-refractivity contribution in [3.05, 3.63) is 18.1 Å². The average Bonchev–Trinajstić information content (AvgIpc) is 2.46. The molecule has 7 heteroatoms. The SMILES string of the molecule is COC(=O)c1nccc(N2CCN(C(C)=O)CC2)n1. The van der Waals surface area contributed by atoms with E-state index in [1.54, 1.807) is 17.9 Å². The summed E-state index contributed by atoms with van der Waals surface area (Å²) < 4.78 is 4.59. The third-order valence-electron chi connectivity index (χ3n) is 3.06. The Morgan fingerprint density at radius 2 is 1.95 bits per heavy atom. The summed E-state index contributed by atoms with van der Waals surface area (Å²) in [5.41, 5.74) is 0. The Kier molecular flexibility index (Phi) is 3.94. The maximum absolute atomic E-state index is 11.4. The number of esters is 1. The van der Waals surface area contributed by atoms with Gasteiger partial charge in [0, 0.05) is 39.3 Å². The van der Waals surface area contributed by atoms with Gasteiger partial charge in [-0.05, 0) is 6.07 Å². The second-order valence-electron chi connectivity index (χ2n) is 4.22. The van der Waals surface area contributed by atoms with Crippen molar-refractivity contribution >= 4 is 17.7 Å². The minimum absolute atomic E-state index is 0.0500. The topological polar surface area (TPSA) is 75.6 Å². The molecule has 0 aliphatic carbocycles. The summed E-state index contributed by atoms with van der Waals surface area (Å²) in [7, 11) is 1.30. The molecule has 1 aliphatic rings. The fourth-order valence-electron chi connectivity index (χ4n) is 1.97. The molecule has 19 heavy (non-hydrogen) atoms. The first-order chi connectivity index (χ1) is 9.11. The van der Waals surface area contributed by atoms with Crippen molar-refractivity contribution in [3.63, 3.8) is 0 Å². The number of aromatic nitrogens is 2. The van der Waals surface area contributed by atoms with Crippen LogP contribution in [0.1, 0.15) is 17.5 Å². The molecule has 2 rings (SSSR count). The van der Waals surface area contributed by atoms with Crippen molar-refractivity contribution in [2.75, 3.05) is 38.2 Å². The quantitative estimate of drug-likeness (QED) is 0.696. The van der Waals surface area contributed by atoms with Crippen LogP contribution < -0.4 is 4.90 Å². The lowest BCUT2D eigenvalue weighted by Crippen LogP contribution is -2.48. The van der Waals surface area contributed by atoms with E-state index in [-0.39, 0.29) is 11.7 Å². The summed E-state index contributed by atoms with van der Waals surface area (Å²) in [6.45, 7) is 4.27. The molecule has 1 aliphatic heterocycles. The van der Waals surface area contributed by atoms with Gasteiger partial charge in [-0.1, -0.05) is 0 Å². The highest BCUT2D eigenvalue weighted by Crippen LogP contribution is 2.13. The Labute approximate surface area is 111 Å². The lowest BCUT2D eigenvalue weighted by Gasteiger charge is -2.34. The lowest BCUT2D eigenvalue weighted by atomic mass is 10.3. The predicted molar refractivity (Wildman–Crippen MR) is 67.8 cm³/mol. The Morgan fingerprint density at radius 3 is 2.53 bits per heavy atom. The standard InChI is InChI=1S/C12H16N4O3/c1-9(17)15-5-7-16(8-6-15)10-3-4-13-11(14-10)12(18)19-2/h3-4H,5-8H2,1-2H3. The zero-order chi connectivity index (χ0) is 13.8. The van der Waals surface area contributed by atoms with Crippen molar-refractivity contribution < 1.29 is 14.3 Å². The molecule has 0 spiro atoms. The molecule has 1 saturated heterocycles. The summed E-state index contributed by atoms with van der Waals surface area (Å²) in [6, 6.07) is 1.75. The van der Waals surface area contributed by atoms with Gasteiger partial charge in [0.2, 0.25) is 11.7 Å². The second-order valence-corrected chi connectivity index (χ2v) is 4.22. The zero-order valence-electron chi connectivity index (χ0n) is 11.0. The molecule has 0 aromatic carbocycles. The first-order valence-corrected chi connectivity index (χ1v) is 6.03. The minimum atomic E-state index is -0.552. The van der Waals surface area contributed by atoms with Gasteiger partial charge in [-0.15, -0.1) is 0 Å². The summed E-state index contributed by atoms with van der Waals surface area (Å²) >= 11 is 0. The van der Waals surface area contributed by atoms with Crippen LogP contribution in [0.3, 0.4) is 0 Å². The van der Waals surface area contributed by atoms with Gasteiger partial charge < -0.3 is 14.5 Å². The van der Waals surface area contributed by atoms with Crippen LogP contribution in [0.25, 0.3) is 0 Å². The average molecular weight is 264 g/mol. The molecule has 0 unspecified atom stereocenters. The molecule has 1 aromatic rings. The number of carbonyl (C=O) groups is 2. The van der Waals surface area contributed by atoms with Gasteiger partial charge in [-0.25, -0.2) is 14.8 Å². The van der Waals surface area contributed by atoms with Crippen molar-refractivity contribution in [1.29, 1.82) is 0 Å². The number of nitrogens with zero attached hydrogens (tertiary/aromatic N) is 4. The van der Waals surface area contributed by atoms with Crippen LogP contribution in [0, 0.1) is 0 Å². The fraction of sp³-hybridized carbons (Fsp3) is 0.500. The summed E-state index contributed by atoms with van der Waals surface area (Å²) in [6.07, 6.45) is 1.53. The Hall–Kier alpha value is -2.18. The highest BCUT2D eigenvalue weighted by Gasteiger charge is 2.20. The number of rotatable bonds is 2. The van der Waals surface area contributed by atoms with E-state index < -0.39 is 5.97 Å². The number of methoxy groups -OCH3 is 1. The molecule has 0 saturated carbocycles. The molecule has 1 aromatic heterocycles. The molecule has 1 amide bonds. The molecule has 0 N–H and O–H groups in total. The van der Waals surface area contributed by atoms with Gasteiger partial charge >= 0.3 is 5.97 Å². The van der Waals surface area contributed by atoms with E-state index >= 15 is 0 Å². The smallest absolute Gasteiger partial charge is 0.376 e. The van der Waals surface area contributed by atoms with Crippen LogP contribution in [0.4, 0.5) is 5.82 Å². The van der Waals surface area contributed by atoms with E-state index in [1.165, 1.54) is 13.3 Å². The van der Waals surface area contributed by atoms with Crippen LogP contribution in [0.15, 0.2) is 12.3 Å². The highest BCUT2D eigenvalue weighted by atomic mass is 16.5. The van der Waals surface area contributed by atoms with Crippen molar-refractivity contribution in [1.82, 2.24) is 14.9 Å². The Morgan fingerprint density at radius 1 is 1.26 bits per heavy atom. The third-order valence-corrected chi connectivity index (χ3v) is 3.06. The van der Waals surface area contributed by atoms with Crippen LogP contribution in [0.5, 0.6) is 0 Å². The van der Waals surface area contributed by atoms with Crippen LogP contribution in [-0.2, 0) is 9.53 Å². The zero-order valence-corrected chi connectivity index (χ0v) is 11.0. The number of hydrogen-bond donors (Lipinski definition) is 0. The fourth-order valence-corrected chi connectivity index (χ4v) is 1.97. The Balaban J connectivity index is 2.07. The maximum Gasteiger partial charge on any atom is 0.376 e. The van der Waals surface area contributed by atoms with Crippen LogP contribution in [-0.4, -0.2) is 60.0 Å². The molecule has 7 nitrogen and oxygen atoms in total. The molecule has 1 fully saturated rings. The van der Waals surface area contributed by atoms with E-state index in [4.69, 9.17) is 0 Å². The molecule has 102 valence electrons. The first kappa shape index (κ1) is 13.3. The molecule has 0 bridgehead atoms. The second kappa shape index (κ2) is 5.64. The number of piperazine rings is 1. The van der Waals surface area contributed by atoms with Gasteiger partial charge in [0.1, 0.15) is 5.82 Å². The highest BCUT2D eigenvalue weighted by molar-refractivity contribution is 5.85. The molecular weight excluding hydrogens is 248 g/mol. The van der Waals surface area contributed by atoms with Gasteiger partial charge in [-0.3, -0.25) is 4.79 Å². The van der Waals surface area contributed by atoms with E-state index in [0.717, 1.165) is 0 Å². The van der Waals surface area contributed by atoms with Crippen molar-refractivity contribution in [3.8, 4) is 0 Å². The monoisotopic (exact) mass is 264 g/mol. The number of ether oxygens (including phenoxy) is 1. The van der Waals surface area contributed by atoms with Gasteiger partial charge in [0.15, 0.2) is 0 Å². The number of hydrogen-bond acceptors (Lipinski definition) is 6. The maximum atomic E-state index is 11.4.